The minimum atomic E-state index is 0.314. The first-order valence-corrected chi connectivity index (χ1v) is 9.15. The Bertz CT molecular complexity index is 703. The Hall–Kier alpha value is -2.05. The first-order chi connectivity index (χ1) is 12.6. The highest BCUT2D eigenvalue weighted by Crippen LogP contribution is 2.29. The second-order valence-corrected chi connectivity index (χ2v) is 6.80. The summed E-state index contributed by atoms with van der Waals surface area (Å²) in [6, 6.07) is 6.35. The lowest BCUT2D eigenvalue weighted by Crippen LogP contribution is -2.36. The second kappa shape index (κ2) is 8.56. The summed E-state index contributed by atoms with van der Waals surface area (Å²) in [5.41, 5.74) is 2.98. The number of hydrogen-bond donors (Lipinski definition) is 1. The van der Waals surface area contributed by atoms with E-state index in [0.717, 1.165) is 54.3 Å². The SMILES string of the molecule is COc1cc(CNC(C)C2CCCO2)ccc1OCc1c(C)noc1C. The van der Waals surface area contributed by atoms with Crippen molar-refractivity contribution in [3.8, 4) is 11.5 Å². The van der Waals surface area contributed by atoms with Crippen LogP contribution < -0.4 is 14.8 Å². The van der Waals surface area contributed by atoms with Gasteiger partial charge in [0.15, 0.2) is 11.5 Å². The standard InChI is InChI=1S/C20H28N2O4/c1-13-17(15(3)26-22-13)12-25-19-8-7-16(10-20(19)23-4)11-21-14(2)18-6-5-9-24-18/h7-8,10,14,18,21H,5-6,9,11-12H2,1-4H3. The highest BCUT2D eigenvalue weighted by atomic mass is 16.5. The fourth-order valence-corrected chi connectivity index (χ4v) is 3.21. The lowest BCUT2D eigenvalue weighted by molar-refractivity contribution is 0.0832. The summed E-state index contributed by atoms with van der Waals surface area (Å²) in [4.78, 5) is 0. The third kappa shape index (κ3) is 4.37. The average molecular weight is 360 g/mol. The predicted molar refractivity (Wildman–Crippen MR) is 98.6 cm³/mol. The van der Waals surface area contributed by atoms with Gasteiger partial charge < -0.3 is 24.1 Å². The largest absolute Gasteiger partial charge is 0.493 e. The van der Waals surface area contributed by atoms with Crippen LogP contribution in [0.25, 0.3) is 0 Å². The summed E-state index contributed by atoms with van der Waals surface area (Å²) in [6.45, 7) is 8.03. The van der Waals surface area contributed by atoms with Gasteiger partial charge in [-0.05, 0) is 51.3 Å². The molecule has 0 saturated carbocycles. The number of rotatable bonds is 8. The molecule has 0 radical (unpaired) electrons. The van der Waals surface area contributed by atoms with Crippen molar-refractivity contribution in [1.29, 1.82) is 0 Å². The molecule has 1 fully saturated rings. The molecule has 2 aromatic rings. The van der Waals surface area contributed by atoms with E-state index < -0.39 is 0 Å². The summed E-state index contributed by atoms with van der Waals surface area (Å²) in [7, 11) is 1.66. The third-order valence-electron chi connectivity index (χ3n) is 4.93. The van der Waals surface area contributed by atoms with Crippen LogP contribution in [0.2, 0.25) is 0 Å². The van der Waals surface area contributed by atoms with E-state index in [0.29, 0.717) is 24.5 Å². The average Bonchev–Trinajstić information content (AvgIpc) is 3.29. The molecule has 26 heavy (non-hydrogen) atoms. The Balaban J connectivity index is 1.60. The lowest BCUT2D eigenvalue weighted by atomic mass is 10.1. The molecule has 142 valence electrons. The number of methoxy groups -OCH3 is 1. The van der Waals surface area contributed by atoms with Crippen LogP contribution in [-0.2, 0) is 17.9 Å². The molecule has 0 bridgehead atoms. The van der Waals surface area contributed by atoms with Crippen molar-refractivity contribution >= 4 is 0 Å². The molecule has 1 aromatic carbocycles. The summed E-state index contributed by atoms with van der Waals surface area (Å²) in [6.07, 6.45) is 2.60. The van der Waals surface area contributed by atoms with E-state index in [1.807, 2.05) is 26.0 Å². The third-order valence-corrected chi connectivity index (χ3v) is 4.93. The topological polar surface area (TPSA) is 65.8 Å². The summed E-state index contributed by atoms with van der Waals surface area (Å²) in [5.74, 6) is 2.22. The minimum absolute atomic E-state index is 0.314. The first kappa shape index (κ1) is 18.7. The van der Waals surface area contributed by atoms with Crippen molar-refractivity contribution in [3.63, 3.8) is 0 Å². The van der Waals surface area contributed by atoms with Crippen LogP contribution in [0, 0.1) is 13.8 Å². The molecule has 1 saturated heterocycles. The molecule has 0 aliphatic carbocycles. The summed E-state index contributed by atoms with van der Waals surface area (Å²) in [5, 5.41) is 7.49. The van der Waals surface area contributed by atoms with E-state index in [-0.39, 0.29) is 0 Å². The van der Waals surface area contributed by atoms with Crippen LogP contribution in [0.1, 0.15) is 42.3 Å². The van der Waals surface area contributed by atoms with Gasteiger partial charge in [0, 0.05) is 19.2 Å². The molecule has 0 amide bonds. The van der Waals surface area contributed by atoms with Gasteiger partial charge in [0.05, 0.1) is 24.5 Å². The van der Waals surface area contributed by atoms with Crippen LogP contribution in [0.15, 0.2) is 22.7 Å². The number of hydrogen-bond acceptors (Lipinski definition) is 6. The molecule has 1 aliphatic rings. The lowest BCUT2D eigenvalue weighted by Gasteiger charge is -2.20. The normalized spacial score (nSPS) is 18.1. The molecular formula is C20H28N2O4. The van der Waals surface area contributed by atoms with Crippen LogP contribution in [0.4, 0.5) is 0 Å². The molecular weight excluding hydrogens is 332 g/mol. The van der Waals surface area contributed by atoms with Crippen LogP contribution in [-0.4, -0.2) is 31.0 Å². The van der Waals surface area contributed by atoms with Crippen molar-refractivity contribution < 1.29 is 18.7 Å². The maximum atomic E-state index is 5.93. The number of aromatic nitrogens is 1. The number of benzene rings is 1. The van der Waals surface area contributed by atoms with Crippen molar-refractivity contribution in [3.05, 3.63) is 40.8 Å². The number of nitrogens with one attached hydrogen (secondary N) is 1. The second-order valence-electron chi connectivity index (χ2n) is 6.80. The first-order valence-electron chi connectivity index (χ1n) is 9.15. The zero-order valence-electron chi connectivity index (χ0n) is 16.0. The van der Waals surface area contributed by atoms with Gasteiger partial charge in [0.2, 0.25) is 0 Å². The van der Waals surface area contributed by atoms with Gasteiger partial charge in [-0.3, -0.25) is 0 Å². The van der Waals surface area contributed by atoms with Gasteiger partial charge in [0.25, 0.3) is 0 Å². The Labute approximate surface area is 154 Å². The Kier molecular flexibility index (Phi) is 6.16. The van der Waals surface area contributed by atoms with E-state index in [9.17, 15) is 0 Å². The smallest absolute Gasteiger partial charge is 0.161 e. The van der Waals surface area contributed by atoms with Gasteiger partial charge >= 0.3 is 0 Å². The van der Waals surface area contributed by atoms with Gasteiger partial charge in [-0.15, -0.1) is 0 Å². The van der Waals surface area contributed by atoms with Gasteiger partial charge in [0.1, 0.15) is 12.4 Å². The molecule has 3 rings (SSSR count). The van der Waals surface area contributed by atoms with Crippen molar-refractivity contribution in [2.75, 3.05) is 13.7 Å². The van der Waals surface area contributed by atoms with E-state index in [2.05, 4.69) is 23.5 Å². The number of aryl methyl sites for hydroxylation is 2. The Morgan fingerprint density at radius 1 is 1.31 bits per heavy atom. The van der Waals surface area contributed by atoms with E-state index >= 15 is 0 Å². The van der Waals surface area contributed by atoms with Crippen molar-refractivity contribution in [2.24, 2.45) is 0 Å². The zero-order chi connectivity index (χ0) is 18.5. The quantitative estimate of drug-likeness (QED) is 0.777. The summed E-state index contributed by atoms with van der Waals surface area (Å²) < 4.78 is 22.3. The molecule has 2 atom stereocenters. The fraction of sp³-hybridized carbons (Fsp3) is 0.550. The van der Waals surface area contributed by atoms with E-state index in [1.165, 1.54) is 0 Å². The highest BCUT2D eigenvalue weighted by molar-refractivity contribution is 5.43. The molecule has 2 unspecified atom stereocenters. The predicted octanol–water partition coefficient (Wildman–Crippen LogP) is 3.54. The Morgan fingerprint density at radius 3 is 2.81 bits per heavy atom. The van der Waals surface area contributed by atoms with Gasteiger partial charge in [-0.2, -0.15) is 0 Å². The summed E-state index contributed by atoms with van der Waals surface area (Å²) >= 11 is 0. The molecule has 2 heterocycles. The Morgan fingerprint density at radius 2 is 2.15 bits per heavy atom. The molecule has 6 nitrogen and oxygen atoms in total. The van der Waals surface area contributed by atoms with Gasteiger partial charge in [-0.1, -0.05) is 11.2 Å². The number of nitrogens with zero attached hydrogens (tertiary/aromatic N) is 1. The highest BCUT2D eigenvalue weighted by Gasteiger charge is 2.21. The van der Waals surface area contributed by atoms with Crippen molar-refractivity contribution in [2.45, 2.75) is 58.9 Å². The van der Waals surface area contributed by atoms with E-state index in [1.54, 1.807) is 7.11 Å². The molecule has 0 spiro atoms. The molecule has 1 aromatic heterocycles. The van der Waals surface area contributed by atoms with Crippen LogP contribution in [0.3, 0.4) is 0 Å². The fourth-order valence-electron chi connectivity index (χ4n) is 3.21. The minimum Gasteiger partial charge on any atom is -0.493 e. The molecule has 6 heteroatoms. The maximum absolute atomic E-state index is 5.93. The zero-order valence-corrected chi connectivity index (χ0v) is 16.0. The number of ether oxygens (including phenoxy) is 3. The molecule has 1 N–H and O–H groups in total. The van der Waals surface area contributed by atoms with Crippen LogP contribution >= 0.6 is 0 Å². The van der Waals surface area contributed by atoms with E-state index in [4.69, 9.17) is 18.7 Å². The van der Waals surface area contributed by atoms with Crippen molar-refractivity contribution in [1.82, 2.24) is 10.5 Å². The van der Waals surface area contributed by atoms with Gasteiger partial charge in [-0.25, -0.2) is 0 Å². The monoisotopic (exact) mass is 360 g/mol. The molecule has 1 aliphatic heterocycles. The van der Waals surface area contributed by atoms with Crippen LogP contribution in [0.5, 0.6) is 11.5 Å². The maximum Gasteiger partial charge on any atom is 0.161 e.